The Morgan fingerprint density at radius 2 is 1.77 bits per heavy atom. The van der Waals surface area contributed by atoms with Crippen LogP contribution < -0.4 is 9.47 Å². The van der Waals surface area contributed by atoms with Gasteiger partial charge in [0.05, 0.1) is 20.8 Å². The number of carbonyl (C=O) groups excluding carboxylic acids is 2. The predicted octanol–water partition coefficient (Wildman–Crippen LogP) is 2.63. The van der Waals surface area contributed by atoms with Crippen LogP contribution in [0.25, 0.3) is 0 Å². The van der Waals surface area contributed by atoms with Crippen molar-refractivity contribution in [1.29, 1.82) is 0 Å². The number of nitrogens with zero attached hydrogens (tertiary/aromatic N) is 2. The second-order valence-electron chi connectivity index (χ2n) is 6.69. The molecule has 0 aliphatic carbocycles. The molecule has 0 N–H and O–H groups in total. The van der Waals surface area contributed by atoms with Crippen molar-refractivity contribution in [2.24, 2.45) is 0 Å². The zero-order chi connectivity index (χ0) is 19.1. The van der Waals surface area contributed by atoms with E-state index in [1.165, 1.54) is 12.5 Å². The summed E-state index contributed by atoms with van der Waals surface area (Å²) in [6.07, 6.45) is 3.87. The zero-order valence-corrected chi connectivity index (χ0v) is 16.3. The monoisotopic (exact) mass is 362 g/mol. The molecule has 6 nitrogen and oxygen atoms in total. The summed E-state index contributed by atoms with van der Waals surface area (Å²) < 4.78 is 10.7. The van der Waals surface area contributed by atoms with Gasteiger partial charge in [-0.2, -0.15) is 0 Å². The number of hydrogen-bond acceptors (Lipinski definition) is 4. The van der Waals surface area contributed by atoms with Gasteiger partial charge in [-0.05, 0) is 36.1 Å². The molecular formula is C20H30N2O4. The first-order valence-corrected chi connectivity index (χ1v) is 9.27. The van der Waals surface area contributed by atoms with Gasteiger partial charge in [-0.1, -0.05) is 19.8 Å². The minimum absolute atomic E-state index is 0.00265. The number of ether oxygens (including phenoxy) is 2. The van der Waals surface area contributed by atoms with E-state index in [9.17, 15) is 9.59 Å². The van der Waals surface area contributed by atoms with Gasteiger partial charge in [0.15, 0.2) is 11.5 Å². The summed E-state index contributed by atoms with van der Waals surface area (Å²) >= 11 is 0. The number of amides is 2. The molecule has 0 radical (unpaired) electrons. The first-order valence-electron chi connectivity index (χ1n) is 9.27. The van der Waals surface area contributed by atoms with Gasteiger partial charge in [0.1, 0.15) is 0 Å². The Balaban J connectivity index is 2.04. The number of carbonyl (C=O) groups is 2. The summed E-state index contributed by atoms with van der Waals surface area (Å²) in [7, 11) is 3.23. The molecule has 0 fully saturated rings. The van der Waals surface area contributed by atoms with Crippen molar-refractivity contribution in [3.05, 3.63) is 23.3 Å². The standard InChI is InChI=1S/C20H30N2O4/c1-5-6-7-9-21(15(2)23)14-20(24)22-10-8-16-11-18(25-3)19(26-4)12-17(16)13-22/h11-12H,5-10,13-14H2,1-4H3. The molecule has 0 aromatic heterocycles. The van der Waals surface area contributed by atoms with Crippen LogP contribution in [0, 0.1) is 0 Å². The molecule has 1 aromatic carbocycles. The molecule has 0 unspecified atom stereocenters. The molecule has 144 valence electrons. The van der Waals surface area contributed by atoms with Crippen molar-refractivity contribution < 1.29 is 19.1 Å². The summed E-state index contributed by atoms with van der Waals surface area (Å²) in [6.45, 7) is 5.64. The van der Waals surface area contributed by atoms with Gasteiger partial charge in [0.2, 0.25) is 11.8 Å². The number of fused-ring (bicyclic) bond motifs is 1. The van der Waals surface area contributed by atoms with Gasteiger partial charge >= 0.3 is 0 Å². The van der Waals surface area contributed by atoms with E-state index >= 15 is 0 Å². The third-order valence-electron chi connectivity index (χ3n) is 4.87. The van der Waals surface area contributed by atoms with Crippen LogP contribution in [0.2, 0.25) is 0 Å². The van der Waals surface area contributed by atoms with E-state index in [4.69, 9.17) is 9.47 Å². The average Bonchev–Trinajstić information content (AvgIpc) is 2.65. The van der Waals surface area contributed by atoms with E-state index in [1.54, 1.807) is 19.1 Å². The van der Waals surface area contributed by atoms with Crippen molar-refractivity contribution in [3.63, 3.8) is 0 Å². The highest BCUT2D eigenvalue weighted by Gasteiger charge is 2.24. The predicted molar refractivity (Wildman–Crippen MR) is 100 cm³/mol. The van der Waals surface area contributed by atoms with E-state index in [0.717, 1.165) is 31.2 Å². The van der Waals surface area contributed by atoms with E-state index in [2.05, 4.69) is 6.92 Å². The van der Waals surface area contributed by atoms with Crippen LogP contribution in [0.1, 0.15) is 44.2 Å². The van der Waals surface area contributed by atoms with Gasteiger partial charge in [-0.15, -0.1) is 0 Å². The molecule has 0 saturated carbocycles. The zero-order valence-electron chi connectivity index (χ0n) is 16.3. The van der Waals surface area contributed by atoms with Crippen LogP contribution in [0.5, 0.6) is 11.5 Å². The molecule has 1 aliphatic rings. The normalized spacial score (nSPS) is 13.2. The molecular weight excluding hydrogens is 332 g/mol. The van der Waals surface area contributed by atoms with Crippen LogP contribution >= 0.6 is 0 Å². The molecule has 1 aliphatic heterocycles. The van der Waals surface area contributed by atoms with Crippen LogP contribution in [0.4, 0.5) is 0 Å². The first kappa shape index (κ1) is 20.1. The lowest BCUT2D eigenvalue weighted by Gasteiger charge is -2.31. The maximum absolute atomic E-state index is 12.7. The number of methoxy groups -OCH3 is 2. The van der Waals surface area contributed by atoms with Crippen LogP contribution in [0.3, 0.4) is 0 Å². The maximum Gasteiger partial charge on any atom is 0.242 e. The SMILES string of the molecule is CCCCCN(CC(=O)N1CCc2cc(OC)c(OC)cc2C1)C(C)=O. The van der Waals surface area contributed by atoms with E-state index in [0.29, 0.717) is 31.1 Å². The summed E-state index contributed by atoms with van der Waals surface area (Å²) in [6, 6.07) is 3.93. The van der Waals surface area contributed by atoms with Crippen molar-refractivity contribution in [2.75, 3.05) is 33.9 Å². The molecule has 0 atom stereocenters. The van der Waals surface area contributed by atoms with Gasteiger partial charge < -0.3 is 19.3 Å². The Morgan fingerprint density at radius 3 is 2.35 bits per heavy atom. The molecule has 6 heteroatoms. The molecule has 1 heterocycles. The smallest absolute Gasteiger partial charge is 0.242 e. The molecule has 26 heavy (non-hydrogen) atoms. The van der Waals surface area contributed by atoms with E-state index in [-0.39, 0.29) is 18.4 Å². The number of unbranched alkanes of at least 4 members (excludes halogenated alkanes) is 2. The summed E-state index contributed by atoms with van der Waals surface area (Å²) in [5, 5.41) is 0. The van der Waals surface area contributed by atoms with E-state index < -0.39 is 0 Å². The molecule has 1 aromatic rings. The van der Waals surface area contributed by atoms with Crippen molar-refractivity contribution in [3.8, 4) is 11.5 Å². The van der Waals surface area contributed by atoms with Crippen molar-refractivity contribution in [2.45, 2.75) is 46.1 Å². The fourth-order valence-electron chi connectivity index (χ4n) is 3.26. The Bertz CT molecular complexity index is 645. The summed E-state index contributed by atoms with van der Waals surface area (Å²) in [5.74, 6) is 1.34. The lowest BCUT2D eigenvalue weighted by molar-refractivity contribution is -0.140. The Morgan fingerprint density at radius 1 is 1.12 bits per heavy atom. The minimum atomic E-state index is -0.0433. The Kier molecular flexibility index (Phi) is 7.30. The van der Waals surface area contributed by atoms with Gasteiger partial charge in [0.25, 0.3) is 0 Å². The van der Waals surface area contributed by atoms with Crippen molar-refractivity contribution in [1.82, 2.24) is 9.80 Å². The van der Waals surface area contributed by atoms with Gasteiger partial charge in [0, 0.05) is 26.6 Å². The van der Waals surface area contributed by atoms with Crippen LogP contribution in [-0.4, -0.2) is 55.5 Å². The van der Waals surface area contributed by atoms with Crippen LogP contribution in [-0.2, 0) is 22.6 Å². The third kappa shape index (κ3) is 4.90. The molecule has 2 rings (SSSR count). The fraction of sp³-hybridized carbons (Fsp3) is 0.600. The molecule has 0 spiro atoms. The van der Waals surface area contributed by atoms with E-state index in [1.807, 2.05) is 17.0 Å². The first-order chi connectivity index (χ1) is 12.5. The van der Waals surface area contributed by atoms with Crippen LogP contribution in [0.15, 0.2) is 12.1 Å². The molecule has 0 bridgehead atoms. The second kappa shape index (κ2) is 9.46. The molecule has 2 amide bonds. The Labute approximate surface area is 156 Å². The largest absolute Gasteiger partial charge is 0.493 e. The minimum Gasteiger partial charge on any atom is -0.493 e. The third-order valence-corrected chi connectivity index (χ3v) is 4.87. The van der Waals surface area contributed by atoms with Crippen molar-refractivity contribution >= 4 is 11.8 Å². The molecule has 0 saturated heterocycles. The topological polar surface area (TPSA) is 59.1 Å². The number of benzene rings is 1. The average molecular weight is 362 g/mol. The lowest BCUT2D eigenvalue weighted by atomic mass is 9.98. The highest BCUT2D eigenvalue weighted by atomic mass is 16.5. The maximum atomic E-state index is 12.7. The number of rotatable bonds is 8. The lowest BCUT2D eigenvalue weighted by Crippen LogP contribution is -2.44. The summed E-state index contributed by atoms with van der Waals surface area (Å²) in [5.41, 5.74) is 2.25. The summed E-state index contributed by atoms with van der Waals surface area (Å²) in [4.78, 5) is 28.0. The highest BCUT2D eigenvalue weighted by molar-refractivity contribution is 5.84. The van der Waals surface area contributed by atoms with Gasteiger partial charge in [-0.25, -0.2) is 0 Å². The quantitative estimate of drug-likeness (QED) is 0.667. The fourth-order valence-corrected chi connectivity index (χ4v) is 3.26. The number of hydrogen-bond donors (Lipinski definition) is 0. The second-order valence-corrected chi connectivity index (χ2v) is 6.69. The Hall–Kier alpha value is -2.24. The van der Waals surface area contributed by atoms with Gasteiger partial charge in [-0.3, -0.25) is 9.59 Å². The highest BCUT2D eigenvalue weighted by Crippen LogP contribution is 2.33.